The van der Waals surface area contributed by atoms with Gasteiger partial charge >= 0.3 is 0 Å². The van der Waals surface area contributed by atoms with Crippen LogP contribution in [0.2, 0.25) is 0 Å². The highest BCUT2D eigenvalue weighted by atomic mass is 16.5. The zero-order chi connectivity index (χ0) is 18.3. The first-order valence-corrected chi connectivity index (χ1v) is 8.18. The molecule has 0 saturated carbocycles. The van der Waals surface area contributed by atoms with E-state index >= 15 is 0 Å². The Morgan fingerprint density at radius 2 is 1.88 bits per heavy atom. The highest BCUT2D eigenvalue weighted by molar-refractivity contribution is 5.95. The third-order valence-corrected chi connectivity index (χ3v) is 4.51. The first kappa shape index (κ1) is 16.1. The van der Waals surface area contributed by atoms with E-state index in [4.69, 9.17) is 15.2 Å². The molecule has 2 N–H and O–H groups in total. The molecule has 0 aliphatic heterocycles. The van der Waals surface area contributed by atoms with Crippen LogP contribution < -0.4 is 15.2 Å². The molecule has 2 aromatic heterocycles. The molecule has 7 nitrogen and oxygen atoms in total. The van der Waals surface area contributed by atoms with Gasteiger partial charge in [0.2, 0.25) is 0 Å². The van der Waals surface area contributed by atoms with Crippen LogP contribution in [0.25, 0.3) is 21.9 Å². The number of hydrogen-bond donors (Lipinski definition) is 1. The lowest BCUT2D eigenvalue weighted by molar-refractivity contribution is 0.408. The quantitative estimate of drug-likeness (QED) is 0.609. The first-order chi connectivity index (χ1) is 12.6. The average molecular weight is 349 g/mol. The van der Waals surface area contributed by atoms with Crippen molar-refractivity contribution >= 4 is 27.8 Å². The standard InChI is InChI=1S/C19H19N5O2/c1-11-6-15(25-2)13-5-4-12(7-14(13)17(11)26-3)8-24-10-23-16-18(20)21-9-22-19(16)24/h4-7,9-10H,8H2,1-3H3,(H2,20,21,22). The summed E-state index contributed by atoms with van der Waals surface area (Å²) < 4.78 is 13.1. The fourth-order valence-corrected chi connectivity index (χ4v) is 3.30. The predicted octanol–water partition coefficient (Wildman–Crippen LogP) is 2.94. The molecule has 0 bridgehead atoms. The van der Waals surface area contributed by atoms with Gasteiger partial charge in [-0.1, -0.05) is 12.1 Å². The lowest BCUT2D eigenvalue weighted by atomic mass is 10.0. The minimum atomic E-state index is 0.384. The number of aryl methyl sites for hydroxylation is 1. The third kappa shape index (κ3) is 2.48. The molecule has 4 rings (SSSR count). The Labute approximate surface area is 150 Å². The van der Waals surface area contributed by atoms with Gasteiger partial charge in [-0.3, -0.25) is 0 Å². The number of nitrogens with two attached hydrogens (primary N) is 1. The van der Waals surface area contributed by atoms with Gasteiger partial charge in [-0.2, -0.15) is 0 Å². The number of aromatic nitrogens is 4. The molecule has 0 fully saturated rings. The Kier molecular flexibility index (Phi) is 3.84. The van der Waals surface area contributed by atoms with Crippen molar-refractivity contribution in [3.8, 4) is 11.5 Å². The summed E-state index contributed by atoms with van der Waals surface area (Å²) in [5.74, 6) is 2.07. The molecule has 132 valence electrons. The van der Waals surface area contributed by atoms with Crippen molar-refractivity contribution in [3.63, 3.8) is 0 Å². The third-order valence-electron chi connectivity index (χ3n) is 4.51. The summed E-state index contributed by atoms with van der Waals surface area (Å²) in [4.78, 5) is 12.6. The van der Waals surface area contributed by atoms with Crippen molar-refractivity contribution in [3.05, 3.63) is 48.0 Å². The number of anilines is 1. The van der Waals surface area contributed by atoms with E-state index in [2.05, 4.69) is 27.1 Å². The van der Waals surface area contributed by atoms with E-state index in [9.17, 15) is 0 Å². The molecule has 0 radical (unpaired) electrons. The lowest BCUT2D eigenvalue weighted by Crippen LogP contribution is -2.01. The molecule has 7 heteroatoms. The Bertz CT molecular complexity index is 1120. The number of nitrogens with zero attached hydrogens (tertiary/aromatic N) is 4. The second-order valence-corrected chi connectivity index (χ2v) is 6.11. The van der Waals surface area contributed by atoms with Crippen LogP contribution in [-0.4, -0.2) is 33.7 Å². The number of nitrogen functional groups attached to an aromatic ring is 1. The number of hydrogen-bond acceptors (Lipinski definition) is 6. The van der Waals surface area contributed by atoms with Crippen molar-refractivity contribution < 1.29 is 9.47 Å². The van der Waals surface area contributed by atoms with Gasteiger partial charge in [0, 0.05) is 10.8 Å². The van der Waals surface area contributed by atoms with Crippen LogP contribution in [0.4, 0.5) is 5.82 Å². The van der Waals surface area contributed by atoms with Crippen LogP contribution in [0.5, 0.6) is 11.5 Å². The van der Waals surface area contributed by atoms with Gasteiger partial charge in [-0.15, -0.1) is 0 Å². The van der Waals surface area contributed by atoms with Gasteiger partial charge in [0.15, 0.2) is 11.5 Å². The fourth-order valence-electron chi connectivity index (χ4n) is 3.30. The largest absolute Gasteiger partial charge is 0.496 e. The molecular weight excluding hydrogens is 330 g/mol. The van der Waals surface area contributed by atoms with E-state index in [0.717, 1.165) is 33.4 Å². The minimum absolute atomic E-state index is 0.384. The predicted molar refractivity (Wildman–Crippen MR) is 101 cm³/mol. The summed E-state index contributed by atoms with van der Waals surface area (Å²) in [6, 6.07) is 8.22. The monoisotopic (exact) mass is 349 g/mol. The van der Waals surface area contributed by atoms with Crippen LogP contribution in [0.15, 0.2) is 36.9 Å². The highest BCUT2D eigenvalue weighted by Gasteiger charge is 2.13. The molecule has 0 aliphatic carbocycles. The van der Waals surface area contributed by atoms with Gasteiger partial charge in [-0.05, 0) is 30.2 Å². The van der Waals surface area contributed by atoms with Crippen molar-refractivity contribution in [2.24, 2.45) is 0 Å². The van der Waals surface area contributed by atoms with Gasteiger partial charge in [0.1, 0.15) is 23.3 Å². The lowest BCUT2D eigenvalue weighted by Gasteiger charge is -2.14. The van der Waals surface area contributed by atoms with Gasteiger partial charge in [0.25, 0.3) is 0 Å². The number of ether oxygens (including phenoxy) is 2. The highest BCUT2D eigenvalue weighted by Crippen LogP contribution is 2.37. The van der Waals surface area contributed by atoms with Gasteiger partial charge < -0.3 is 19.8 Å². The minimum Gasteiger partial charge on any atom is -0.496 e. The Morgan fingerprint density at radius 3 is 2.65 bits per heavy atom. The molecule has 0 saturated heterocycles. The van der Waals surface area contributed by atoms with Crippen LogP contribution in [0.1, 0.15) is 11.1 Å². The van der Waals surface area contributed by atoms with Crippen molar-refractivity contribution in [1.29, 1.82) is 0 Å². The maximum absolute atomic E-state index is 5.87. The van der Waals surface area contributed by atoms with E-state index < -0.39 is 0 Å². The van der Waals surface area contributed by atoms with E-state index in [0.29, 0.717) is 23.5 Å². The number of benzene rings is 2. The molecule has 4 aromatic rings. The molecule has 0 spiro atoms. The second-order valence-electron chi connectivity index (χ2n) is 6.11. The van der Waals surface area contributed by atoms with Gasteiger partial charge in [-0.25, -0.2) is 15.0 Å². The topological polar surface area (TPSA) is 88.1 Å². The molecular formula is C19H19N5O2. The van der Waals surface area contributed by atoms with E-state index in [1.165, 1.54) is 6.33 Å². The Morgan fingerprint density at radius 1 is 1.04 bits per heavy atom. The van der Waals surface area contributed by atoms with E-state index in [1.54, 1.807) is 20.5 Å². The zero-order valence-corrected chi connectivity index (χ0v) is 14.9. The number of imidazole rings is 1. The van der Waals surface area contributed by atoms with E-state index in [-0.39, 0.29) is 0 Å². The molecule has 2 aromatic carbocycles. The Balaban J connectivity index is 1.83. The molecule has 26 heavy (non-hydrogen) atoms. The summed E-state index contributed by atoms with van der Waals surface area (Å²) in [7, 11) is 3.36. The molecule has 0 aliphatic rings. The number of methoxy groups -OCH3 is 2. The molecule has 0 amide bonds. The summed E-state index contributed by atoms with van der Waals surface area (Å²) in [6.45, 7) is 2.62. The zero-order valence-electron chi connectivity index (χ0n) is 14.9. The molecule has 0 unspecified atom stereocenters. The Hall–Kier alpha value is -3.35. The number of rotatable bonds is 4. The van der Waals surface area contributed by atoms with Crippen LogP contribution in [-0.2, 0) is 6.54 Å². The van der Waals surface area contributed by atoms with Crippen LogP contribution in [0.3, 0.4) is 0 Å². The van der Waals surface area contributed by atoms with Crippen molar-refractivity contribution in [2.45, 2.75) is 13.5 Å². The van der Waals surface area contributed by atoms with Gasteiger partial charge in [0.05, 0.1) is 27.1 Å². The normalized spacial score (nSPS) is 11.2. The maximum atomic E-state index is 5.87. The first-order valence-electron chi connectivity index (χ1n) is 8.18. The van der Waals surface area contributed by atoms with Crippen LogP contribution in [0, 0.1) is 6.92 Å². The second kappa shape index (κ2) is 6.18. The summed E-state index contributed by atoms with van der Waals surface area (Å²) in [6.07, 6.45) is 3.18. The number of fused-ring (bicyclic) bond motifs is 2. The van der Waals surface area contributed by atoms with Crippen LogP contribution >= 0.6 is 0 Å². The maximum Gasteiger partial charge on any atom is 0.165 e. The fraction of sp³-hybridized carbons (Fsp3) is 0.211. The summed E-state index contributed by atoms with van der Waals surface area (Å²) >= 11 is 0. The van der Waals surface area contributed by atoms with E-state index in [1.807, 2.05) is 23.6 Å². The SMILES string of the molecule is COc1cc(C)c(OC)c2cc(Cn3cnc4c(N)ncnc43)ccc12. The summed E-state index contributed by atoms with van der Waals surface area (Å²) in [5, 5.41) is 2.03. The smallest absolute Gasteiger partial charge is 0.165 e. The van der Waals surface area contributed by atoms with Crippen molar-refractivity contribution in [2.75, 3.05) is 20.0 Å². The summed E-state index contributed by atoms with van der Waals surface area (Å²) in [5.41, 5.74) is 9.32. The van der Waals surface area contributed by atoms with Crippen molar-refractivity contribution in [1.82, 2.24) is 19.5 Å². The molecule has 2 heterocycles. The molecule has 0 atom stereocenters. The average Bonchev–Trinajstić information content (AvgIpc) is 3.05.